The number of carbonyl (C=O) groups is 3. The number of amides is 2. The number of alkyl halides is 3. The number of hydrogen-bond acceptors (Lipinski definition) is 5. The van der Waals surface area contributed by atoms with E-state index < -0.39 is 47.9 Å². The lowest BCUT2D eigenvalue weighted by Crippen LogP contribution is -2.44. The molecule has 1 aromatic heterocycles. The number of carbonyl (C=O) groups excluding carboxylic acids is 3. The van der Waals surface area contributed by atoms with E-state index in [2.05, 4.69) is 10.6 Å². The Labute approximate surface area is 186 Å². The molecule has 1 atom stereocenters. The van der Waals surface area contributed by atoms with Crippen molar-refractivity contribution in [2.45, 2.75) is 18.6 Å². The van der Waals surface area contributed by atoms with Gasteiger partial charge in [0.05, 0.1) is 17.5 Å². The number of anilines is 1. The smallest absolute Gasteiger partial charge is 0.418 e. The van der Waals surface area contributed by atoms with Crippen molar-refractivity contribution in [1.29, 1.82) is 0 Å². The van der Waals surface area contributed by atoms with Crippen molar-refractivity contribution in [1.82, 2.24) is 5.32 Å². The zero-order chi connectivity index (χ0) is 23.8. The second-order valence-electron chi connectivity index (χ2n) is 6.89. The van der Waals surface area contributed by atoms with Gasteiger partial charge in [-0.25, -0.2) is 4.79 Å². The quantitative estimate of drug-likeness (QED) is 0.498. The minimum atomic E-state index is -4.67. The molecule has 3 rings (SSSR count). The van der Waals surface area contributed by atoms with Gasteiger partial charge >= 0.3 is 12.1 Å². The Morgan fingerprint density at radius 3 is 2.30 bits per heavy atom. The van der Waals surface area contributed by atoms with Crippen LogP contribution in [0.5, 0.6) is 0 Å². The van der Waals surface area contributed by atoms with Gasteiger partial charge in [0.1, 0.15) is 6.04 Å². The molecule has 10 heteroatoms. The Bertz CT molecular complexity index is 1100. The minimum absolute atomic E-state index is 0.0256. The van der Waals surface area contributed by atoms with Gasteiger partial charge in [-0.3, -0.25) is 9.59 Å². The molecular formula is C23H19F3N2O5. The van der Waals surface area contributed by atoms with Crippen molar-refractivity contribution >= 4 is 23.5 Å². The molecule has 0 saturated carbocycles. The van der Waals surface area contributed by atoms with Crippen LogP contribution in [-0.4, -0.2) is 30.4 Å². The molecule has 0 aliphatic rings. The maximum absolute atomic E-state index is 13.1. The van der Waals surface area contributed by atoms with Crippen LogP contribution in [-0.2, 0) is 26.9 Å². The van der Waals surface area contributed by atoms with Crippen LogP contribution in [0.25, 0.3) is 0 Å². The van der Waals surface area contributed by atoms with E-state index in [4.69, 9.17) is 9.15 Å². The number of rotatable bonds is 8. The lowest BCUT2D eigenvalue weighted by molar-refractivity contribution is -0.149. The maximum Gasteiger partial charge on any atom is 0.418 e. The fraction of sp³-hybridized carbons (Fsp3) is 0.174. The summed E-state index contributed by atoms with van der Waals surface area (Å²) in [5.41, 5.74) is -0.780. The summed E-state index contributed by atoms with van der Waals surface area (Å²) in [4.78, 5) is 37.1. The van der Waals surface area contributed by atoms with Gasteiger partial charge in [-0.05, 0) is 29.8 Å². The van der Waals surface area contributed by atoms with Crippen LogP contribution >= 0.6 is 0 Å². The van der Waals surface area contributed by atoms with Gasteiger partial charge in [-0.2, -0.15) is 13.2 Å². The number of para-hydroxylation sites is 1. The van der Waals surface area contributed by atoms with Crippen LogP contribution in [0.2, 0.25) is 0 Å². The lowest BCUT2D eigenvalue weighted by Gasteiger charge is -2.18. The molecule has 0 radical (unpaired) electrons. The Hall–Kier alpha value is -4.08. The molecule has 0 aliphatic heterocycles. The molecule has 2 aromatic carbocycles. The molecule has 2 amide bonds. The fourth-order valence-corrected chi connectivity index (χ4v) is 2.94. The molecule has 0 aliphatic carbocycles. The average Bonchev–Trinajstić information content (AvgIpc) is 3.32. The van der Waals surface area contributed by atoms with Crippen molar-refractivity contribution in [2.24, 2.45) is 0 Å². The summed E-state index contributed by atoms with van der Waals surface area (Å²) < 4.78 is 49.2. The van der Waals surface area contributed by atoms with Gasteiger partial charge in [-0.15, -0.1) is 0 Å². The third kappa shape index (κ3) is 6.70. The van der Waals surface area contributed by atoms with Crippen LogP contribution < -0.4 is 10.6 Å². The molecule has 0 saturated heterocycles. The first kappa shape index (κ1) is 23.6. The Morgan fingerprint density at radius 1 is 0.939 bits per heavy atom. The average molecular weight is 460 g/mol. The van der Waals surface area contributed by atoms with Crippen LogP contribution in [0.1, 0.15) is 21.7 Å². The van der Waals surface area contributed by atoms with E-state index in [0.29, 0.717) is 5.56 Å². The zero-order valence-corrected chi connectivity index (χ0v) is 17.1. The van der Waals surface area contributed by atoms with E-state index in [1.165, 1.54) is 30.5 Å². The van der Waals surface area contributed by atoms with E-state index in [0.717, 1.165) is 12.1 Å². The fourth-order valence-electron chi connectivity index (χ4n) is 2.94. The Balaban J connectivity index is 1.65. The van der Waals surface area contributed by atoms with E-state index in [-0.39, 0.29) is 12.2 Å². The molecule has 0 fully saturated rings. The van der Waals surface area contributed by atoms with Crippen LogP contribution in [0, 0.1) is 0 Å². The Morgan fingerprint density at radius 2 is 1.64 bits per heavy atom. The third-order valence-electron chi connectivity index (χ3n) is 4.47. The molecule has 1 heterocycles. The van der Waals surface area contributed by atoms with E-state index in [1.807, 2.05) is 0 Å². The van der Waals surface area contributed by atoms with Crippen LogP contribution in [0.15, 0.2) is 77.4 Å². The summed E-state index contributed by atoms with van der Waals surface area (Å²) in [5, 5.41) is 4.57. The third-order valence-corrected chi connectivity index (χ3v) is 4.47. The largest absolute Gasteiger partial charge is 0.459 e. The van der Waals surface area contributed by atoms with Gasteiger partial charge in [0.2, 0.25) is 0 Å². The minimum Gasteiger partial charge on any atom is -0.459 e. The summed E-state index contributed by atoms with van der Waals surface area (Å²) in [5.74, 6) is -2.59. The van der Waals surface area contributed by atoms with Crippen molar-refractivity contribution in [3.8, 4) is 0 Å². The highest BCUT2D eigenvalue weighted by atomic mass is 19.4. The summed E-state index contributed by atoms with van der Waals surface area (Å²) in [6.45, 7) is -0.840. The molecule has 0 bridgehead atoms. The molecule has 3 aromatic rings. The predicted octanol–water partition coefficient (Wildman–Crippen LogP) is 3.82. The molecule has 2 N–H and O–H groups in total. The standard InChI is InChI=1S/C23H19F3N2O5/c24-23(25,26)16-9-4-5-10-17(16)27-20(29)14-33-22(31)18(13-15-7-2-1-3-8-15)28-21(30)19-11-6-12-32-19/h1-12,18H,13-14H2,(H,27,29)(H,28,30). The SMILES string of the molecule is O=C(COC(=O)C(Cc1ccccc1)NC(=O)c1ccco1)Nc1ccccc1C(F)(F)F. The number of ether oxygens (including phenoxy) is 1. The second kappa shape index (κ2) is 10.5. The molecule has 1 unspecified atom stereocenters. The van der Waals surface area contributed by atoms with E-state index in [9.17, 15) is 27.6 Å². The normalized spacial score (nSPS) is 12.0. The highest BCUT2D eigenvalue weighted by Crippen LogP contribution is 2.34. The zero-order valence-electron chi connectivity index (χ0n) is 17.1. The summed E-state index contributed by atoms with van der Waals surface area (Å²) in [6, 6.07) is 14.9. The second-order valence-corrected chi connectivity index (χ2v) is 6.89. The first-order chi connectivity index (χ1) is 15.7. The number of furan rings is 1. The summed E-state index contributed by atoms with van der Waals surface area (Å²) in [6.07, 6.45) is -3.31. The van der Waals surface area contributed by atoms with Crippen molar-refractivity contribution in [3.63, 3.8) is 0 Å². The van der Waals surface area contributed by atoms with E-state index in [1.54, 1.807) is 30.3 Å². The highest BCUT2D eigenvalue weighted by Gasteiger charge is 2.33. The predicted molar refractivity (Wildman–Crippen MR) is 111 cm³/mol. The van der Waals surface area contributed by atoms with Gasteiger partial charge in [0.15, 0.2) is 12.4 Å². The highest BCUT2D eigenvalue weighted by molar-refractivity contribution is 5.96. The van der Waals surface area contributed by atoms with Crippen molar-refractivity contribution < 1.29 is 36.7 Å². The maximum atomic E-state index is 13.1. The van der Waals surface area contributed by atoms with Gasteiger partial charge in [0, 0.05) is 6.42 Å². The molecule has 33 heavy (non-hydrogen) atoms. The number of hydrogen-bond donors (Lipinski definition) is 2. The number of esters is 1. The van der Waals surface area contributed by atoms with Crippen LogP contribution in [0.3, 0.4) is 0 Å². The summed E-state index contributed by atoms with van der Waals surface area (Å²) >= 11 is 0. The van der Waals surface area contributed by atoms with Crippen molar-refractivity contribution in [3.05, 3.63) is 89.9 Å². The van der Waals surface area contributed by atoms with Crippen molar-refractivity contribution in [2.75, 3.05) is 11.9 Å². The lowest BCUT2D eigenvalue weighted by atomic mass is 10.1. The monoisotopic (exact) mass is 460 g/mol. The van der Waals surface area contributed by atoms with Gasteiger partial charge in [0.25, 0.3) is 11.8 Å². The number of halogens is 3. The topological polar surface area (TPSA) is 97.6 Å². The molecule has 172 valence electrons. The molecular weight excluding hydrogens is 441 g/mol. The first-order valence-electron chi connectivity index (χ1n) is 9.75. The van der Waals surface area contributed by atoms with E-state index >= 15 is 0 Å². The first-order valence-corrected chi connectivity index (χ1v) is 9.75. The van der Waals surface area contributed by atoms with Crippen LogP contribution in [0.4, 0.5) is 18.9 Å². The number of benzene rings is 2. The van der Waals surface area contributed by atoms with Gasteiger partial charge < -0.3 is 19.8 Å². The number of nitrogens with one attached hydrogen (secondary N) is 2. The summed E-state index contributed by atoms with van der Waals surface area (Å²) in [7, 11) is 0. The molecule has 0 spiro atoms. The Kier molecular flexibility index (Phi) is 7.50. The molecule has 7 nitrogen and oxygen atoms in total. The van der Waals surface area contributed by atoms with Gasteiger partial charge in [-0.1, -0.05) is 42.5 Å².